The van der Waals surface area contributed by atoms with Crippen LogP contribution in [0.2, 0.25) is 0 Å². The number of hydroxylamine groups is 2. The zero-order valence-electron chi connectivity index (χ0n) is 8.68. The number of imide groups is 1. The maximum Gasteiger partial charge on any atom is 0.364 e. The summed E-state index contributed by atoms with van der Waals surface area (Å²) in [5.41, 5.74) is 0.334. The Hall–Kier alpha value is -1.44. The highest BCUT2D eigenvalue weighted by Gasteiger charge is 2.33. The van der Waals surface area contributed by atoms with Gasteiger partial charge in [-0.3, -0.25) is 9.59 Å². The van der Waals surface area contributed by atoms with Gasteiger partial charge in [-0.2, -0.15) is 0 Å². The highest BCUT2D eigenvalue weighted by atomic mass is 127. The van der Waals surface area contributed by atoms with Gasteiger partial charge in [-0.1, -0.05) is 12.1 Å². The first kappa shape index (κ1) is 12.0. The predicted molar refractivity (Wildman–Crippen MR) is 65.7 cm³/mol. The zero-order chi connectivity index (χ0) is 12.4. The van der Waals surface area contributed by atoms with Crippen molar-refractivity contribution < 1.29 is 19.2 Å². The highest BCUT2D eigenvalue weighted by Crippen LogP contribution is 2.17. The van der Waals surface area contributed by atoms with Gasteiger partial charge in [-0.15, -0.1) is 5.06 Å². The van der Waals surface area contributed by atoms with E-state index in [1.165, 1.54) is 0 Å². The Morgan fingerprint density at radius 3 is 2.35 bits per heavy atom. The maximum atomic E-state index is 11.7. The SMILES string of the molecule is O=C(ON1C(=O)CCC1=O)c1ccccc1I. The summed E-state index contributed by atoms with van der Waals surface area (Å²) in [7, 11) is 0. The van der Waals surface area contributed by atoms with E-state index < -0.39 is 17.8 Å². The molecule has 1 aromatic rings. The summed E-state index contributed by atoms with van der Waals surface area (Å²) < 4.78 is 0.703. The second kappa shape index (κ2) is 4.82. The van der Waals surface area contributed by atoms with E-state index in [9.17, 15) is 14.4 Å². The van der Waals surface area contributed by atoms with E-state index in [0.29, 0.717) is 14.2 Å². The number of hydrogen-bond acceptors (Lipinski definition) is 4. The standard InChI is InChI=1S/C11H8INO4/c12-8-4-2-1-3-7(8)11(16)17-13-9(14)5-6-10(13)15/h1-4H,5-6H2. The average molecular weight is 345 g/mol. The smallest absolute Gasteiger partial charge is 0.325 e. The Balaban J connectivity index is 2.15. The third kappa shape index (κ3) is 2.46. The molecule has 0 radical (unpaired) electrons. The number of benzene rings is 1. The number of hydrogen-bond donors (Lipinski definition) is 0. The van der Waals surface area contributed by atoms with Crippen molar-refractivity contribution in [1.29, 1.82) is 0 Å². The molecular weight excluding hydrogens is 337 g/mol. The van der Waals surface area contributed by atoms with Crippen LogP contribution in [0.5, 0.6) is 0 Å². The lowest BCUT2D eigenvalue weighted by molar-refractivity contribution is -0.172. The van der Waals surface area contributed by atoms with Crippen molar-refractivity contribution in [3.8, 4) is 0 Å². The molecule has 88 valence electrons. The third-order valence-corrected chi connectivity index (χ3v) is 3.21. The minimum Gasteiger partial charge on any atom is -0.325 e. The summed E-state index contributed by atoms with van der Waals surface area (Å²) >= 11 is 1.98. The molecule has 0 atom stereocenters. The van der Waals surface area contributed by atoms with E-state index >= 15 is 0 Å². The Labute approximate surface area is 111 Å². The summed E-state index contributed by atoms with van der Waals surface area (Å²) in [5, 5.41) is 0.547. The minimum atomic E-state index is -0.696. The molecular formula is C11H8INO4. The zero-order valence-corrected chi connectivity index (χ0v) is 10.8. The van der Waals surface area contributed by atoms with E-state index in [0.717, 1.165) is 0 Å². The Kier molecular flexibility index (Phi) is 3.41. The lowest BCUT2D eigenvalue weighted by atomic mass is 10.2. The molecule has 0 spiro atoms. The van der Waals surface area contributed by atoms with Crippen molar-refractivity contribution in [3.63, 3.8) is 0 Å². The van der Waals surface area contributed by atoms with Gasteiger partial charge in [0.05, 0.1) is 5.56 Å². The summed E-state index contributed by atoms with van der Waals surface area (Å²) in [6.45, 7) is 0. The maximum absolute atomic E-state index is 11.7. The molecule has 1 fully saturated rings. The van der Waals surface area contributed by atoms with Crippen molar-refractivity contribution >= 4 is 40.4 Å². The number of amides is 2. The molecule has 2 rings (SSSR count). The summed E-state index contributed by atoms with van der Waals surface area (Å²) in [4.78, 5) is 39.1. The Morgan fingerprint density at radius 2 is 1.76 bits per heavy atom. The molecule has 1 aliphatic heterocycles. The van der Waals surface area contributed by atoms with Crippen LogP contribution in [0.3, 0.4) is 0 Å². The molecule has 1 heterocycles. The van der Waals surface area contributed by atoms with Crippen LogP contribution in [-0.2, 0) is 14.4 Å². The van der Waals surface area contributed by atoms with Crippen LogP contribution in [0, 0.1) is 3.57 Å². The van der Waals surface area contributed by atoms with E-state index in [2.05, 4.69) is 0 Å². The molecule has 0 aliphatic carbocycles. The van der Waals surface area contributed by atoms with Crippen LogP contribution in [0.25, 0.3) is 0 Å². The van der Waals surface area contributed by atoms with Gasteiger partial charge < -0.3 is 4.84 Å². The predicted octanol–water partition coefficient (Wildman–Crippen LogP) is 1.51. The second-order valence-electron chi connectivity index (χ2n) is 3.44. The van der Waals surface area contributed by atoms with E-state index in [4.69, 9.17) is 4.84 Å². The van der Waals surface area contributed by atoms with Crippen LogP contribution >= 0.6 is 22.6 Å². The van der Waals surface area contributed by atoms with Crippen molar-refractivity contribution in [3.05, 3.63) is 33.4 Å². The van der Waals surface area contributed by atoms with Gasteiger partial charge in [0.2, 0.25) is 0 Å². The Bertz CT molecular complexity index is 484. The summed E-state index contributed by atoms with van der Waals surface area (Å²) in [5.74, 6) is -1.65. The number of carbonyl (C=O) groups is 3. The van der Waals surface area contributed by atoms with Crippen molar-refractivity contribution in [2.45, 2.75) is 12.8 Å². The number of rotatable bonds is 2. The van der Waals surface area contributed by atoms with Gasteiger partial charge in [-0.25, -0.2) is 4.79 Å². The highest BCUT2D eigenvalue weighted by molar-refractivity contribution is 14.1. The summed E-state index contributed by atoms with van der Waals surface area (Å²) in [6, 6.07) is 6.79. The summed E-state index contributed by atoms with van der Waals surface area (Å²) in [6.07, 6.45) is 0.190. The normalized spacial score (nSPS) is 15.2. The quantitative estimate of drug-likeness (QED) is 0.602. The first-order valence-electron chi connectivity index (χ1n) is 4.92. The fourth-order valence-electron chi connectivity index (χ4n) is 1.42. The van der Waals surface area contributed by atoms with Gasteiger partial charge in [-0.05, 0) is 34.7 Å². The first-order valence-corrected chi connectivity index (χ1v) is 6.00. The molecule has 0 N–H and O–H groups in total. The Morgan fingerprint density at radius 1 is 1.18 bits per heavy atom. The largest absolute Gasteiger partial charge is 0.364 e. The lowest BCUT2D eigenvalue weighted by Crippen LogP contribution is -2.32. The number of nitrogens with zero attached hydrogens (tertiary/aromatic N) is 1. The van der Waals surface area contributed by atoms with Gasteiger partial charge in [0, 0.05) is 16.4 Å². The molecule has 0 aromatic heterocycles. The molecule has 0 unspecified atom stereocenters. The van der Waals surface area contributed by atoms with Crippen molar-refractivity contribution in [2.24, 2.45) is 0 Å². The van der Waals surface area contributed by atoms with Crippen LogP contribution in [-0.4, -0.2) is 22.8 Å². The molecule has 1 aromatic carbocycles. The molecule has 6 heteroatoms. The fourth-order valence-corrected chi connectivity index (χ4v) is 2.02. The van der Waals surface area contributed by atoms with Gasteiger partial charge in [0.15, 0.2) is 0 Å². The van der Waals surface area contributed by atoms with Gasteiger partial charge >= 0.3 is 5.97 Å². The van der Waals surface area contributed by atoms with E-state index in [1.807, 2.05) is 22.6 Å². The number of carbonyl (C=O) groups excluding carboxylic acids is 3. The fraction of sp³-hybridized carbons (Fsp3) is 0.182. The molecule has 2 amide bonds. The van der Waals surface area contributed by atoms with Crippen molar-refractivity contribution in [1.82, 2.24) is 5.06 Å². The first-order chi connectivity index (χ1) is 8.09. The monoisotopic (exact) mass is 345 g/mol. The molecule has 5 nitrogen and oxygen atoms in total. The topological polar surface area (TPSA) is 63.7 Å². The average Bonchev–Trinajstić information content (AvgIpc) is 2.61. The van der Waals surface area contributed by atoms with Crippen LogP contribution in [0.1, 0.15) is 23.2 Å². The molecule has 1 saturated heterocycles. The molecule has 17 heavy (non-hydrogen) atoms. The van der Waals surface area contributed by atoms with Crippen LogP contribution in [0.15, 0.2) is 24.3 Å². The molecule has 1 aliphatic rings. The van der Waals surface area contributed by atoms with E-state index in [1.54, 1.807) is 24.3 Å². The lowest BCUT2D eigenvalue weighted by Gasteiger charge is -2.12. The number of halogens is 1. The van der Waals surface area contributed by atoms with Gasteiger partial charge in [0.25, 0.3) is 11.8 Å². The molecule has 0 bridgehead atoms. The van der Waals surface area contributed by atoms with Crippen LogP contribution in [0.4, 0.5) is 0 Å². The minimum absolute atomic E-state index is 0.0952. The molecule has 0 saturated carbocycles. The second-order valence-corrected chi connectivity index (χ2v) is 4.60. The van der Waals surface area contributed by atoms with Crippen molar-refractivity contribution in [2.75, 3.05) is 0 Å². The third-order valence-electron chi connectivity index (χ3n) is 2.27. The van der Waals surface area contributed by atoms with Gasteiger partial charge in [0.1, 0.15) is 0 Å². The van der Waals surface area contributed by atoms with Crippen LogP contribution < -0.4 is 0 Å². The van der Waals surface area contributed by atoms with E-state index in [-0.39, 0.29) is 12.8 Å².